The van der Waals surface area contributed by atoms with Gasteiger partial charge in [0.15, 0.2) is 0 Å². The van der Waals surface area contributed by atoms with Crippen LogP contribution >= 0.6 is 0 Å². The van der Waals surface area contributed by atoms with Gasteiger partial charge in [0, 0.05) is 6.20 Å². The van der Waals surface area contributed by atoms with E-state index in [1.54, 1.807) is 12.3 Å². The quantitative estimate of drug-likeness (QED) is 0.585. The van der Waals surface area contributed by atoms with Crippen molar-refractivity contribution < 1.29 is 4.39 Å². The van der Waals surface area contributed by atoms with E-state index >= 15 is 0 Å². The first kappa shape index (κ1) is 9.08. The second-order valence-electron chi connectivity index (χ2n) is 1.79. The van der Waals surface area contributed by atoms with E-state index in [4.69, 9.17) is 0 Å². The van der Waals surface area contributed by atoms with Crippen LogP contribution < -0.4 is 0 Å². The molecule has 0 aromatic carbocycles. The molecule has 0 aliphatic heterocycles. The zero-order chi connectivity index (χ0) is 6.69. The smallest absolute Gasteiger partial charge is 0.144 e. The SMILES string of the molecule is C.CCc1ncccc1F. The first-order chi connectivity index (χ1) is 4.34. The summed E-state index contributed by atoms with van der Waals surface area (Å²) < 4.78 is 12.5. The number of hydrogen-bond acceptors (Lipinski definition) is 1. The molecule has 0 aliphatic carbocycles. The molecule has 10 heavy (non-hydrogen) atoms. The van der Waals surface area contributed by atoms with Crippen molar-refractivity contribution in [1.29, 1.82) is 0 Å². The molecule has 0 amide bonds. The van der Waals surface area contributed by atoms with Gasteiger partial charge in [-0.1, -0.05) is 14.4 Å². The highest BCUT2D eigenvalue weighted by atomic mass is 19.1. The molecule has 0 atom stereocenters. The van der Waals surface area contributed by atoms with Crippen molar-refractivity contribution in [1.82, 2.24) is 4.98 Å². The van der Waals surface area contributed by atoms with Crippen molar-refractivity contribution >= 4 is 0 Å². The second-order valence-corrected chi connectivity index (χ2v) is 1.79. The average molecular weight is 141 g/mol. The zero-order valence-corrected chi connectivity index (χ0v) is 5.26. The van der Waals surface area contributed by atoms with Crippen molar-refractivity contribution in [2.24, 2.45) is 0 Å². The Labute approximate surface area is 60.9 Å². The molecule has 0 unspecified atom stereocenters. The number of aromatic nitrogens is 1. The van der Waals surface area contributed by atoms with E-state index in [2.05, 4.69) is 4.98 Å². The maximum absolute atomic E-state index is 12.5. The molecule has 1 aromatic rings. The zero-order valence-electron chi connectivity index (χ0n) is 5.26. The molecule has 56 valence electrons. The molecule has 0 radical (unpaired) electrons. The summed E-state index contributed by atoms with van der Waals surface area (Å²) in [6, 6.07) is 3.01. The summed E-state index contributed by atoms with van der Waals surface area (Å²) >= 11 is 0. The van der Waals surface area contributed by atoms with Crippen LogP contribution in [0.25, 0.3) is 0 Å². The van der Waals surface area contributed by atoms with Gasteiger partial charge in [-0.2, -0.15) is 0 Å². The largest absolute Gasteiger partial charge is 0.258 e. The third-order valence-electron chi connectivity index (χ3n) is 1.17. The predicted molar refractivity (Wildman–Crippen MR) is 40.3 cm³/mol. The molecule has 0 N–H and O–H groups in total. The lowest BCUT2D eigenvalue weighted by Crippen LogP contribution is -1.89. The minimum atomic E-state index is -0.208. The van der Waals surface area contributed by atoms with E-state index < -0.39 is 0 Å². The van der Waals surface area contributed by atoms with Gasteiger partial charge in [0.2, 0.25) is 0 Å². The molecule has 0 fully saturated rings. The van der Waals surface area contributed by atoms with Gasteiger partial charge < -0.3 is 0 Å². The van der Waals surface area contributed by atoms with Crippen LogP contribution in [0.2, 0.25) is 0 Å². The molecule has 1 aromatic heterocycles. The number of aryl methyl sites for hydroxylation is 1. The summed E-state index contributed by atoms with van der Waals surface area (Å²) in [6.45, 7) is 1.88. The topological polar surface area (TPSA) is 12.9 Å². The lowest BCUT2D eigenvalue weighted by molar-refractivity contribution is 0.602. The normalized spacial score (nSPS) is 8.60. The maximum atomic E-state index is 12.5. The highest BCUT2D eigenvalue weighted by Crippen LogP contribution is 2.01. The first-order valence-electron chi connectivity index (χ1n) is 2.94. The molecule has 2 heteroatoms. The van der Waals surface area contributed by atoms with Crippen molar-refractivity contribution in [3.8, 4) is 0 Å². The lowest BCUT2D eigenvalue weighted by atomic mass is 10.3. The Morgan fingerprint density at radius 1 is 1.60 bits per heavy atom. The summed E-state index contributed by atoms with van der Waals surface area (Å²) in [6.07, 6.45) is 2.26. The van der Waals surface area contributed by atoms with Crippen molar-refractivity contribution in [2.45, 2.75) is 20.8 Å². The second kappa shape index (κ2) is 3.99. The molecular formula is C8H12FN. The number of nitrogens with zero attached hydrogens (tertiary/aromatic N) is 1. The fraction of sp³-hybridized carbons (Fsp3) is 0.375. The summed E-state index contributed by atoms with van der Waals surface area (Å²) in [5.41, 5.74) is 0.539. The average Bonchev–Trinajstić information content (AvgIpc) is 1.89. The molecule has 1 rings (SSSR count). The molecule has 0 saturated heterocycles. The third kappa shape index (κ3) is 1.79. The number of pyridine rings is 1. The number of halogens is 1. The molecule has 0 aliphatic rings. The van der Waals surface area contributed by atoms with E-state index in [-0.39, 0.29) is 13.2 Å². The van der Waals surface area contributed by atoms with Gasteiger partial charge in [-0.05, 0) is 18.6 Å². The molecule has 0 spiro atoms. The van der Waals surface area contributed by atoms with E-state index in [1.807, 2.05) is 6.92 Å². The Hall–Kier alpha value is -0.920. The van der Waals surface area contributed by atoms with Gasteiger partial charge in [-0.3, -0.25) is 4.98 Å². The van der Waals surface area contributed by atoms with Gasteiger partial charge in [0.1, 0.15) is 5.82 Å². The minimum Gasteiger partial charge on any atom is -0.258 e. The van der Waals surface area contributed by atoms with Crippen LogP contribution in [0.1, 0.15) is 20.0 Å². The minimum absolute atomic E-state index is 0. The van der Waals surface area contributed by atoms with Crippen LogP contribution in [0.5, 0.6) is 0 Å². The lowest BCUT2D eigenvalue weighted by Gasteiger charge is -1.93. The Balaban J connectivity index is 0.000000810. The van der Waals surface area contributed by atoms with E-state index in [0.717, 1.165) is 0 Å². The van der Waals surface area contributed by atoms with Crippen LogP contribution in [-0.2, 0) is 6.42 Å². The van der Waals surface area contributed by atoms with Gasteiger partial charge in [0.25, 0.3) is 0 Å². The Bertz CT molecular complexity index is 198. The van der Waals surface area contributed by atoms with Crippen LogP contribution in [-0.4, -0.2) is 4.98 Å². The van der Waals surface area contributed by atoms with Gasteiger partial charge >= 0.3 is 0 Å². The number of rotatable bonds is 1. The fourth-order valence-corrected chi connectivity index (χ4v) is 0.679. The first-order valence-corrected chi connectivity index (χ1v) is 2.94. The molecule has 0 saturated carbocycles. The molecule has 1 nitrogen and oxygen atoms in total. The van der Waals surface area contributed by atoms with Gasteiger partial charge in [-0.15, -0.1) is 0 Å². The maximum Gasteiger partial charge on any atom is 0.144 e. The monoisotopic (exact) mass is 141 g/mol. The van der Waals surface area contributed by atoms with Crippen LogP contribution in [0.3, 0.4) is 0 Å². The van der Waals surface area contributed by atoms with Crippen molar-refractivity contribution in [2.75, 3.05) is 0 Å². The molecule has 1 heterocycles. The van der Waals surface area contributed by atoms with Crippen LogP contribution in [0, 0.1) is 5.82 Å². The summed E-state index contributed by atoms with van der Waals surface area (Å²) in [4.78, 5) is 3.82. The van der Waals surface area contributed by atoms with E-state index in [0.29, 0.717) is 12.1 Å². The van der Waals surface area contributed by atoms with E-state index in [1.165, 1.54) is 6.07 Å². The Morgan fingerprint density at radius 2 is 2.30 bits per heavy atom. The Kier molecular flexibility index (Phi) is 3.62. The fourth-order valence-electron chi connectivity index (χ4n) is 0.679. The van der Waals surface area contributed by atoms with Gasteiger partial charge in [0.05, 0.1) is 5.69 Å². The highest BCUT2D eigenvalue weighted by Gasteiger charge is 1.95. The van der Waals surface area contributed by atoms with E-state index in [9.17, 15) is 4.39 Å². The van der Waals surface area contributed by atoms with Crippen molar-refractivity contribution in [3.63, 3.8) is 0 Å². The van der Waals surface area contributed by atoms with Gasteiger partial charge in [-0.25, -0.2) is 4.39 Å². The summed E-state index contributed by atoms with van der Waals surface area (Å²) in [5.74, 6) is -0.208. The Morgan fingerprint density at radius 3 is 2.70 bits per heavy atom. The van der Waals surface area contributed by atoms with Crippen LogP contribution in [0.15, 0.2) is 18.3 Å². The third-order valence-corrected chi connectivity index (χ3v) is 1.17. The molecular weight excluding hydrogens is 129 g/mol. The number of hydrogen-bond donors (Lipinski definition) is 0. The van der Waals surface area contributed by atoms with Crippen LogP contribution in [0.4, 0.5) is 4.39 Å². The molecule has 0 bridgehead atoms. The standard InChI is InChI=1S/C7H8FN.CH4/c1-2-7-6(8)4-3-5-9-7;/h3-5H,2H2,1H3;1H4. The highest BCUT2D eigenvalue weighted by molar-refractivity contribution is 5.06. The predicted octanol–water partition coefficient (Wildman–Crippen LogP) is 2.42. The summed E-state index contributed by atoms with van der Waals surface area (Å²) in [5, 5.41) is 0. The van der Waals surface area contributed by atoms with Crippen molar-refractivity contribution in [3.05, 3.63) is 29.8 Å². The summed E-state index contributed by atoms with van der Waals surface area (Å²) in [7, 11) is 0.